The Hall–Kier alpha value is -1.73. The molecule has 0 aliphatic carbocycles. The molecule has 2 rings (SSSR count). The van der Waals surface area contributed by atoms with Crippen molar-refractivity contribution in [2.45, 2.75) is 6.42 Å². The molecule has 1 aromatic carbocycles. The largest absolute Gasteiger partial charge is 0.476 e. The molecule has 1 heterocycles. The molecule has 0 atom stereocenters. The topological polar surface area (TPSA) is 75.3 Å². The molecule has 1 aromatic heterocycles. The van der Waals surface area contributed by atoms with Gasteiger partial charge >= 0.3 is 5.97 Å². The maximum absolute atomic E-state index is 13.7. The second-order valence-electron chi connectivity index (χ2n) is 3.82. The Morgan fingerprint density at radius 1 is 1.47 bits per heavy atom. The van der Waals surface area contributed by atoms with Crippen LogP contribution in [0.15, 0.2) is 28.9 Å². The molecule has 7 heteroatoms. The fourth-order valence-electron chi connectivity index (χ4n) is 1.68. The summed E-state index contributed by atoms with van der Waals surface area (Å²) in [5.74, 6) is -1.73. The first kappa shape index (κ1) is 13.7. The van der Waals surface area contributed by atoms with Gasteiger partial charge in [-0.3, -0.25) is 0 Å². The molecule has 0 unspecified atom stereocenters. The van der Waals surface area contributed by atoms with Crippen LogP contribution in [0.4, 0.5) is 4.39 Å². The third kappa shape index (κ3) is 2.82. The summed E-state index contributed by atoms with van der Waals surface area (Å²) >= 11 is 3.21. The number of carbonyl (C=O) groups is 1. The summed E-state index contributed by atoms with van der Waals surface area (Å²) in [5.41, 5.74) is 0.309. The van der Waals surface area contributed by atoms with Crippen LogP contribution in [0.3, 0.4) is 0 Å². The molecular weight excluding hydrogens is 319 g/mol. The number of aromatic nitrogens is 2. The van der Waals surface area contributed by atoms with Crippen molar-refractivity contribution in [2.24, 2.45) is 0 Å². The van der Waals surface area contributed by atoms with Crippen molar-refractivity contribution in [1.82, 2.24) is 9.78 Å². The standard InChI is InChI=1S/C12H10BrFN2O3/c13-8-1-2-9(14)10(5-8)16-6-7(3-4-17)11(15-16)12(18)19/h1-2,5-6,17H,3-4H2,(H,18,19). The first-order chi connectivity index (χ1) is 9.02. The van der Waals surface area contributed by atoms with E-state index in [1.54, 1.807) is 0 Å². The fourth-order valence-corrected chi connectivity index (χ4v) is 2.03. The SMILES string of the molecule is O=C(O)c1nn(-c2cc(Br)ccc2F)cc1CCO. The van der Waals surface area contributed by atoms with Crippen LogP contribution >= 0.6 is 15.9 Å². The molecule has 0 fully saturated rings. The highest BCUT2D eigenvalue weighted by Gasteiger charge is 2.17. The minimum Gasteiger partial charge on any atom is -0.476 e. The van der Waals surface area contributed by atoms with Crippen molar-refractivity contribution in [1.29, 1.82) is 0 Å². The van der Waals surface area contributed by atoms with Crippen molar-refractivity contribution in [2.75, 3.05) is 6.61 Å². The Bertz CT molecular complexity index is 627. The maximum Gasteiger partial charge on any atom is 0.356 e. The average molecular weight is 329 g/mol. The molecule has 0 spiro atoms. The highest BCUT2D eigenvalue weighted by atomic mass is 79.9. The molecule has 0 aliphatic rings. The van der Waals surface area contributed by atoms with Gasteiger partial charge in [0.05, 0.1) is 0 Å². The molecule has 19 heavy (non-hydrogen) atoms. The number of aromatic carboxylic acids is 1. The molecule has 100 valence electrons. The van der Waals surface area contributed by atoms with Gasteiger partial charge in [-0.05, 0) is 24.6 Å². The van der Waals surface area contributed by atoms with Crippen LogP contribution in [-0.4, -0.2) is 32.6 Å². The van der Waals surface area contributed by atoms with E-state index in [1.807, 2.05) is 0 Å². The highest BCUT2D eigenvalue weighted by molar-refractivity contribution is 9.10. The van der Waals surface area contributed by atoms with Gasteiger partial charge in [0.2, 0.25) is 0 Å². The molecule has 0 saturated carbocycles. The summed E-state index contributed by atoms with van der Waals surface area (Å²) in [6.07, 6.45) is 1.56. The van der Waals surface area contributed by atoms with E-state index in [4.69, 9.17) is 10.2 Å². The molecular formula is C12H10BrFN2O3. The second kappa shape index (κ2) is 5.50. The monoisotopic (exact) mass is 328 g/mol. The quantitative estimate of drug-likeness (QED) is 0.900. The Kier molecular flexibility index (Phi) is 3.96. The van der Waals surface area contributed by atoms with Gasteiger partial charge in [-0.2, -0.15) is 5.10 Å². The maximum atomic E-state index is 13.7. The second-order valence-corrected chi connectivity index (χ2v) is 4.74. The van der Waals surface area contributed by atoms with Gasteiger partial charge in [0.1, 0.15) is 11.5 Å². The summed E-state index contributed by atoms with van der Waals surface area (Å²) in [4.78, 5) is 11.0. The Morgan fingerprint density at radius 2 is 2.21 bits per heavy atom. The summed E-state index contributed by atoms with van der Waals surface area (Å²) < 4.78 is 15.5. The van der Waals surface area contributed by atoms with Crippen LogP contribution in [0.25, 0.3) is 5.69 Å². The van der Waals surface area contributed by atoms with Crippen LogP contribution in [0.5, 0.6) is 0 Å². The average Bonchev–Trinajstić information content (AvgIpc) is 2.77. The van der Waals surface area contributed by atoms with Crippen molar-refractivity contribution >= 4 is 21.9 Å². The van der Waals surface area contributed by atoms with E-state index in [-0.39, 0.29) is 24.4 Å². The third-order valence-corrected chi connectivity index (χ3v) is 3.02. The Balaban J connectivity index is 2.53. The number of carboxylic acid groups (broad SMARTS) is 1. The normalized spacial score (nSPS) is 10.7. The van der Waals surface area contributed by atoms with E-state index in [0.29, 0.717) is 10.0 Å². The van der Waals surface area contributed by atoms with Gasteiger partial charge in [0.15, 0.2) is 5.69 Å². The molecule has 0 radical (unpaired) electrons. The van der Waals surface area contributed by atoms with Gasteiger partial charge in [0, 0.05) is 22.8 Å². The number of rotatable bonds is 4. The lowest BCUT2D eigenvalue weighted by Crippen LogP contribution is -2.04. The molecule has 0 amide bonds. The smallest absolute Gasteiger partial charge is 0.356 e. The lowest BCUT2D eigenvalue weighted by Gasteiger charge is -2.03. The number of halogens is 2. The van der Waals surface area contributed by atoms with E-state index in [0.717, 1.165) is 4.68 Å². The van der Waals surface area contributed by atoms with Crippen LogP contribution < -0.4 is 0 Å². The molecule has 2 N–H and O–H groups in total. The van der Waals surface area contributed by atoms with Crippen molar-refractivity contribution in [3.63, 3.8) is 0 Å². The summed E-state index contributed by atoms with van der Waals surface area (Å²) in [7, 11) is 0. The zero-order valence-electron chi connectivity index (χ0n) is 9.68. The summed E-state index contributed by atoms with van der Waals surface area (Å²) in [6, 6.07) is 4.29. The lowest BCUT2D eigenvalue weighted by molar-refractivity contribution is 0.0688. The van der Waals surface area contributed by atoms with E-state index in [9.17, 15) is 9.18 Å². The molecule has 5 nitrogen and oxygen atoms in total. The zero-order chi connectivity index (χ0) is 14.0. The molecule has 2 aromatic rings. The molecule has 0 bridgehead atoms. The van der Waals surface area contributed by atoms with Crippen molar-refractivity contribution in [3.8, 4) is 5.69 Å². The van der Waals surface area contributed by atoms with Crippen LogP contribution in [0, 0.1) is 5.82 Å². The predicted molar refractivity (Wildman–Crippen MR) is 69.0 cm³/mol. The summed E-state index contributed by atoms with van der Waals surface area (Å²) in [6.45, 7) is -0.201. The number of benzene rings is 1. The van der Waals surface area contributed by atoms with E-state index in [2.05, 4.69) is 21.0 Å². The van der Waals surface area contributed by atoms with E-state index >= 15 is 0 Å². The first-order valence-corrected chi connectivity index (χ1v) is 6.20. The first-order valence-electron chi connectivity index (χ1n) is 5.41. The number of aliphatic hydroxyl groups is 1. The van der Waals surface area contributed by atoms with Crippen LogP contribution in [0.1, 0.15) is 16.1 Å². The zero-order valence-corrected chi connectivity index (χ0v) is 11.3. The minimum atomic E-state index is -1.21. The van der Waals surface area contributed by atoms with Crippen molar-refractivity contribution in [3.05, 3.63) is 45.9 Å². The van der Waals surface area contributed by atoms with Gasteiger partial charge in [0.25, 0.3) is 0 Å². The van der Waals surface area contributed by atoms with Crippen LogP contribution in [-0.2, 0) is 6.42 Å². The molecule has 0 saturated heterocycles. The third-order valence-electron chi connectivity index (χ3n) is 2.53. The number of carboxylic acids is 1. The van der Waals surface area contributed by atoms with E-state index in [1.165, 1.54) is 24.4 Å². The van der Waals surface area contributed by atoms with Crippen LogP contribution in [0.2, 0.25) is 0 Å². The fraction of sp³-hybridized carbons (Fsp3) is 0.167. The number of nitrogens with zero attached hydrogens (tertiary/aromatic N) is 2. The van der Waals surface area contributed by atoms with Gasteiger partial charge in [-0.15, -0.1) is 0 Å². The number of hydrogen-bond acceptors (Lipinski definition) is 3. The molecule has 0 aliphatic heterocycles. The number of aliphatic hydroxyl groups excluding tert-OH is 1. The Morgan fingerprint density at radius 3 is 2.84 bits per heavy atom. The minimum absolute atomic E-state index is 0.140. The van der Waals surface area contributed by atoms with Crippen molar-refractivity contribution < 1.29 is 19.4 Å². The highest BCUT2D eigenvalue weighted by Crippen LogP contribution is 2.20. The lowest BCUT2D eigenvalue weighted by atomic mass is 10.2. The summed E-state index contributed by atoms with van der Waals surface area (Å²) in [5, 5.41) is 21.8. The van der Waals surface area contributed by atoms with Gasteiger partial charge in [-0.25, -0.2) is 13.9 Å². The van der Waals surface area contributed by atoms with Gasteiger partial charge in [-0.1, -0.05) is 15.9 Å². The predicted octanol–water partition coefficient (Wildman–Crippen LogP) is 2.01. The van der Waals surface area contributed by atoms with Gasteiger partial charge < -0.3 is 10.2 Å². The number of hydrogen-bond donors (Lipinski definition) is 2. The Labute approximate surface area is 116 Å². The van der Waals surface area contributed by atoms with E-state index < -0.39 is 11.8 Å².